The summed E-state index contributed by atoms with van der Waals surface area (Å²) in [6, 6.07) is 5.19. The Labute approximate surface area is 112 Å². The number of likely N-dealkylation sites (N-methyl/N-ethyl adjacent to an activating group) is 1. The van der Waals surface area contributed by atoms with Gasteiger partial charge in [-0.05, 0) is 12.1 Å². The van der Waals surface area contributed by atoms with E-state index in [-0.39, 0.29) is 6.03 Å². The van der Waals surface area contributed by atoms with Crippen molar-refractivity contribution in [2.75, 3.05) is 20.7 Å². The van der Waals surface area contributed by atoms with Crippen molar-refractivity contribution < 1.29 is 9.53 Å². The van der Waals surface area contributed by atoms with Crippen LogP contribution in [0.5, 0.6) is 5.75 Å². The Balaban J connectivity index is 2.68. The van der Waals surface area contributed by atoms with Crippen molar-refractivity contribution in [3.63, 3.8) is 0 Å². The number of halogens is 1. The Kier molecular flexibility index (Phi) is 5.52. The second-order valence-electron chi connectivity index (χ2n) is 3.75. The molecule has 0 aromatic heterocycles. The highest BCUT2D eigenvalue weighted by Gasteiger charge is 2.11. The van der Waals surface area contributed by atoms with Crippen molar-refractivity contribution in [3.05, 3.63) is 41.4 Å². The second kappa shape index (κ2) is 6.91. The van der Waals surface area contributed by atoms with Crippen LogP contribution < -0.4 is 10.1 Å². The molecular formula is C13H17ClN2O2. The minimum atomic E-state index is -0.183. The second-order valence-corrected chi connectivity index (χ2v) is 4.16. The first kappa shape index (κ1) is 14.4. The van der Waals surface area contributed by atoms with Crippen LogP contribution in [0.15, 0.2) is 30.9 Å². The van der Waals surface area contributed by atoms with E-state index in [4.69, 9.17) is 16.3 Å². The molecule has 98 valence electrons. The summed E-state index contributed by atoms with van der Waals surface area (Å²) < 4.78 is 5.20. The first-order valence-electron chi connectivity index (χ1n) is 5.51. The molecule has 2 amide bonds. The lowest BCUT2D eigenvalue weighted by molar-refractivity contribution is 0.212. The standard InChI is InChI=1S/C13H17ClN2O2/c1-4-8-16(2)13(17)15-9-10-11(14)6-5-7-12(10)18-3/h4-7H,1,8-9H2,2-3H3,(H,15,17). The monoisotopic (exact) mass is 268 g/mol. The smallest absolute Gasteiger partial charge is 0.317 e. The number of carbonyl (C=O) groups is 1. The largest absolute Gasteiger partial charge is 0.496 e. The van der Waals surface area contributed by atoms with Gasteiger partial charge in [-0.15, -0.1) is 6.58 Å². The van der Waals surface area contributed by atoms with Crippen LogP contribution in [-0.2, 0) is 6.54 Å². The molecular weight excluding hydrogens is 252 g/mol. The average Bonchev–Trinajstić information content (AvgIpc) is 2.36. The van der Waals surface area contributed by atoms with Crippen molar-refractivity contribution >= 4 is 17.6 Å². The molecule has 0 aliphatic carbocycles. The number of carbonyl (C=O) groups excluding carboxylic acids is 1. The third-order valence-corrected chi connectivity index (χ3v) is 2.82. The molecule has 0 unspecified atom stereocenters. The molecule has 0 spiro atoms. The Morgan fingerprint density at radius 1 is 1.61 bits per heavy atom. The molecule has 0 bridgehead atoms. The van der Waals surface area contributed by atoms with E-state index in [1.165, 1.54) is 4.90 Å². The highest BCUT2D eigenvalue weighted by Crippen LogP contribution is 2.25. The summed E-state index contributed by atoms with van der Waals surface area (Å²) in [5.74, 6) is 0.661. The van der Waals surface area contributed by atoms with Gasteiger partial charge in [-0.3, -0.25) is 0 Å². The van der Waals surface area contributed by atoms with E-state index < -0.39 is 0 Å². The van der Waals surface area contributed by atoms with Crippen LogP contribution in [0.2, 0.25) is 5.02 Å². The molecule has 0 aliphatic rings. The maximum absolute atomic E-state index is 11.7. The predicted molar refractivity (Wildman–Crippen MR) is 73.1 cm³/mol. The first-order chi connectivity index (χ1) is 8.60. The number of rotatable bonds is 5. The van der Waals surface area contributed by atoms with Gasteiger partial charge in [0.25, 0.3) is 0 Å². The summed E-state index contributed by atoms with van der Waals surface area (Å²) in [4.78, 5) is 13.2. The van der Waals surface area contributed by atoms with Gasteiger partial charge in [-0.2, -0.15) is 0 Å². The third-order valence-electron chi connectivity index (χ3n) is 2.46. The lowest BCUT2D eigenvalue weighted by atomic mass is 10.2. The summed E-state index contributed by atoms with van der Waals surface area (Å²) in [5, 5.41) is 3.34. The Morgan fingerprint density at radius 2 is 2.33 bits per heavy atom. The minimum absolute atomic E-state index is 0.183. The lowest BCUT2D eigenvalue weighted by Crippen LogP contribution is -2.36. The normalized spacial score (nSPS) is 9.72. The Morgan fingerprint density at radius 3 is 2.94 bits per heavy atom. The number of hydrogen-bond donors (Lipinski definition) is 1. The van der Waals surface area contributed by atoms with Crippen molar-refractivity contribution in [1.29, 1.82) is 0 Å². The zero-order valence-electron chi connectivity index (χ0n) is 10.6. The molecule has 0 saturated carbocycles. The van der Waals surface area contributed by atoms with Crippen LogP contribution in [0.3, 0.4) is 0 Å². The summed E-state index contributed by atoms with van der Waals surface area (Å²) in [5.41, 5.74) is 0.766. The molecule has 1 rings (SSSR count). The number of ether oxygens (including phenoxy) is 1. The van der Waals surface area contributed by atoms with E-state index in [9.17, 15) is 4.79 Å². The van der Waals surface area contributed by atoms with E-state index in [1.807, 2.05) is 0 Å². The van der Waals surface area contributed by atoms with Crippen LogP contribution in [0, 0.1) is 0 Å². The number of methoxy groups -OCH3 is 1. The molecule has 18 heavy (non-hydrogen) atoms. The number of nitrogens with zero attached hydrogens (tertiary/aromatic N) is 1. The average molecular weight is 269 g/mol. The first-order valence-corrected chi connectivity index (χ1v) is 5.89. The van der Waals surface area contributed by atoms with Gasteiger partial charge in [0.15, 0.2) is 0 Å². The maximum Gasteiger partial charge on any atom is 0.317 e. The summed E-state index contributed by atoms with van der Waals surface area (Å²) in [6.45, 7) is 4.39. The molecule has 4 nitrogen and oxygen atoms in total. The molecule has 0 fully saturated rings. The van der Waals surface area contributed by atoms with Gasteiger partial charge in [0, 0.05) is 30.7 Å². The van der Waals surface area contributed by atoms with E-state index in [0.717, 1.165) is 5.56 Å². The molecule has 1 aromatic carbocycles. The molecule has 0 heterocycles. The fourth-order valence-electron chi connectivity index (χ4n) is 1.48. The molecule has 0 saturated heterocycles. The van der Waals surface area contributed by atoms with Crippen LogP contribution >= 0.6 is 11.6 Å². The van der Waals surface area contributed by atoms with Crippen molar-refractivity contribution in [3.8, 4) is 5.75 Å². The highest BCUT2D eigenvalue weighted by atomic mass is 35.5. The fourth-order valence-corrected chi connectivity index (χ4v) is 1.71. The van der Waals surface area contributed by atoms with Crippen LogP contribution in [-0.4, -0.2) is 31.6 Å². The number of benzene rings is 1. The van der Waals surface area contributed by atoms with Gasteiger partial charge in [0.1, 0.15) is 5.75 Å². The molecule has 1 N–H and O–H groups in total. The molecule has 0 radical (unpaired) electrons. The summed E-state index contributed by atoms with van der Waals surface area (Å²) >= 11 is 6.07. The van der Waals surface area contributed by atoms with Crippen molar-refractivity contribution in [2.45, 2.75) is 6.54 Å². The van der Waals surface area contributed by atoms with Crippen LogP contribution in [0.1, 0.15) is 5.56 Å². The quantitative estimate of drug-likeness (QED) is 0.834. The van der Waals surface area contributed by atoms with Crippen LogP contribution in [0.4, 0.5) is 4.79 Å². The Hall–Kier alpha value is -1.68. The number of amides is 2. The number of urea groups is 1. The van der Waals surface area contributed by atoms with Gasteiger partial charge in [-0.1, -0.05) is 23.7 Å². The van der Waals surface area contributed by atoms with Gasteiger partial charge in [-0.25, -0.2) is 4.79 Å². The predicted octanol–water partition coefficient (Wildman–Crippen LogP) is 2.68. The summed E-state index contributed by atoms with van der Waals surface area (Å²) in [6.07, 6.45) is 1.66. The zero-order chi connectivity index (χ0) is 13.5. The van der Waals surface area contributed by atoms with E-state index in [2.05, 4.69) is 11.9 Å². The third kappa shape index (κ3) is 3.67. The van der Waals surface area contributed by atoms with Gasteiger partial charge in [0.2, 0.25) is 0 Å². The van der Waals surface area contributed by atoms with E-state index >= 15 is 0 Å². The Bertz CT molecular complexity index is 435. The molecule has 0 atom stereocenters. The topological polar surface area (TPSA) is 41.6 Å². The van der Waals surface area contributed by atoms with E-state index in [0.29, 0.717) is 23.9 Å². The fraction of sp³-hybridized carbons (Fsp3) is 0.308. The zero-order valence-corrected chi connectivity index (χ0v) is 11.3. The van der Waals surface area contributed by atoms with Gasteiger partial charge in [0.05, 0.1) is 7.11 Å². The number of nitrogens with one attached hydrogen (secondary N) is 1. The number of hydrogen-bond acceptors (Lipinski definition) is 2. The minimum Gasteiger partial charge on any atom is -0.496 e. The van der Waals surface area contributed by atoms with Gasteiger partial charge >= 0.3 is 6.03 Å². The molecule has 5 heteroatoms. The van der Waals surface area contributed by atoms with E-state index in [1.54, 1.807) is 38.4 Å². The maximum atomic E-state index is 11.7. The van der Waals surface area contributed by atoms with Crippen LogP contribution in [0.25, 0.3) is 0 Å². The lowest BCUT2D eigenvalue weighted by Gasteiger charge is -2.17. The SMILES string of the molecule is C=CCN(C)C(=O)NCc1c(Cl)cccc1OC. The highest BCUT2D eigenvalue weighted by molar-refractivity contribution is 6.31. The van der Waals surface area contributed by atoms with Gasteiger partial charge < -0.3 is 15.0 Å². The summed E-state index contributed by atoms with van der Waals surface area (Å²) in [7, 11) is 3.27. The van der Waals surface area contributed by atoms with Crippen molar-refractivity contribution in [2.24, 2.45) is 0 Å². The molecule has 1 aromatic rings. The van der Waals surface area contributed by atoms with Crippen molar-refractivity contribution in [1.82, 2.24) is 10.2 Å². The molecule has 0 aliphatic heterocycles.